The van der Waals surface area contributed by atoms with Gasteiger partial charge in [-0.2, -0.15) is 0 Å². The molecule has 0 saturated heterocycles. The Morgan fingerprint density at radius 3 is 2.50 bits per heavy atom. The van der Waals surface area contributed by atoms with Crippen molar-refractivity contribution in [3.63, 3.8) is 0 Å². The van der Waals surface area contributed by atoms with Gasteiger partial charge in [-0.1, -0.05) is 38.1 Å². The number of hydrogen-bond acceptors (Lipinski definition) is 6. The van der Waals surface area contributed by atoms with E-state index in [4.69, 9.17) is 4.74 Å². The molecule has 0 aliphatic carbocycles. The van der Waals surface area contributed by atoms with Crippen LogP contribution in [0.1, 0.15) is 71.8 Å². The summed E-state index contributed by atoms with van der Waals surface area (Å²) in [7, 11) is 2.01. The molecule has 6 nitrogen and oxygen atoms in total. The predicted octanol–water partition coefficient (Wildman–Crippen LogP) is 4.79. The van der Waals surface area contributed by atoms with Gasteiger partial charge in [0.05, 0.1) is 18.0 Å². The monoisotopic (exact) mass is 427 g/mol. The van der Waals surface area contributed by atoms with Crippen LogP contribution in [0.25, 0.3) is 10.2 Å². The molecule has 0 fully saturated rings. The summed E-state index contributed by atoms with van der Waals surface area (Å²) in [5.74, 6) is 0.685. The molecule has 7 heteroatoms. The first-order chi connectivity index (χ1) is 14.2. The first kappa shape index (κ1) is 22.2. The fourth-order valence-corrected chi connectivity index (χ4v) is 4.47. The van der Waals surface area contributed by atoms with Crippen molar-refractivity contribution < 1.29 is 9.53 Å². The molecule has 2 heterocycles. The minimum absolute atomic E-state index is 0.0969. The van der Waals surface area contributed by atoms with Crippen molar-refractivity contribution in [2.24, 2.45) is 0 Å². The number of rotatable bonds is 7. The van der Waals surface area contributed by atoms with Crippen LogP contribution in [0.4, 0.5) is 0 Å². The number of aryl methyl sites for hydroxylation is 1. The summed E-state index contributed by atoms with van der Waals surface area (Å²) in [4.78, 5) is 35.7. The molecule has 1 aromatic carbocycles. The predicted molar refractivity (Wildman–Crippen MR) is 121 cm³/mol. The number of aromatic nitrogens is 2. The number of carbonyl (C=O) groups is 1. The zero-order valence-corrected chi connectivity index (χ0v) is 19.2. The van der Waals surface area contributed by atoms with Gasteiger partial charge in [0, 0.05) is 6.54 Å². The first-order valence-corrected chi connectivity index (χ1v) is 11.0. The highest BCUT2D eigenvalue weighted by molar-refractivity contribution is 7.20. The number of nitrogens with one attached hydrogen (secondary N) is 1. The van der Waals surface area contributed by atoms with Crippen LogP contribution >= 0.6 is 11.3 Å². The van der Waals surface area contributed by atoms with Crippen LogP contribution in [-0.2, 0) is 11.3 Å². The summed E-state index contributed by atoms with van der Waals surface area (Å²) < 4.78 is 5.11. The molecule has 3 aromatic rings. The van der Waals surface area contributed by atoms with E-state index in [-0.39, 0.29) is 11.6 Å². The highest BCUT2D eigenvalue weighted by atomic mass is 32.1. The van der Waals surface area contributed by atoms with E-state index in [2.05, 4.69) is 53.0 Å². The van der Waals surface area contributed by atoms with E-state index in [9.17, 15) is 9.59 Å². The molecule has 0 saturated carbocycles. The second-order valence-electron chi connectivity index (χ2n) is 7.90. The Morgan fingerprint density at radius 1 is 1.23 bits per heavy atom. The van der Waals surface area contributed by atoms with Crippen LogP contribution in [-0.4, -0.2) is 34.5 Å². The van der Waals surface area contributed by atoms with Crippen molar-refractivity contribution >= 4 is 27.5 Å². The Morgan fingerprint density at radius 2 is 1.90 bits per heavy atom. The van der Waals surface area contributed by atoms with Gasteiger partial charge in [0.25, 0.3) is 5.56 Å². The van der Waals surface area contributed by atoms with Crippen molar-refractivity contribution in [1.82, 2.24) is 14.9 Å². The zero-order valence-electron chi connectivity index (χ0n) is 18.4. The van der Waals surface area contributed by atoms with Crippen LogP contribution < -0.4 is 5.56 Å². The second-order valence-corrected chi connectivity index (χ2v) is 8.89. The Hall–Kier alpha value is -2.51. The summed E-state index contributed by atoms with van der Waals surface area (Å²) in [6.45, 7) is 10.9. The highest BCUT2D eigenvalue weighted by Gasteiger charge is 2.22. The summed E-state index contributed by atoms with van der Waals surface area (Å²) >= 11 is 1.21. The Balaban J connectivity index is 1.86. The normalized spacial score (nSPS) is 12.7. The van der Waals surface area contributed by atoms with Gasteiger partial charge in [-0.3, -0.25) is 9.69 Å². The summed E-state index contributed by atoms with van der Waals surface area (Å²) in [5, 5.41) is 0.464. The number of thiophene rings is 1. The topological polar surface area (TPSA) is 75.3 Å². The number of esters is 1. The van der Waals surface area contributed by atoms with Gasteiger partial charge in [0.15, 0.2) is 0 Å². The molecule has 0 aliphatic rings. The molecule has 30 heavy (non-hydrogen) atoms. The van der Waals surface area contributed by atoms with Gasteiger partial charge < -0.3 is 9.72 Å². The molecule has 0 radical (unpaired) electrons. The first-order valence-electron chi connectivity index (χ1n) is 10.2. The van der Waals surface area contributed by atoms with E-state index < -0.39 is 5.97 Å². The fraction of sp³-hybridized carbons (Fsp3) is 0.435. The van der Waals surface area contributed by atoms with Crippen molar-refractivity contribution in [1.29, 1.82) is 0 Å². The lowest BCUT2D eigenvalue weighted by atomic mass is 10.0. The number of nitrogens with zero attached hydrogens (tertiary/aromatic N) is 2. The Labute approximate surface area is 180 Å². The minimum Gasteiger partial charge on any atom is -0.462 e. The van der Waals surface area contributed by atoms with Crippen LogP contribution in [0.5, 0.6) is 0 Å². The average Bonchev–Trinajstić information content (AvgIpc) is 3.05. The van der Waals surface area contributed by atoms with Crippen LogP contribution in [0.3, 0.4) is 0 Å². The summed E-state index contributed by atoms with van der Waals surface area (Å²) in [5.41, 5.74) is 2.92. The van der Waals surface area contributed by atoms with Gasteiger partial charge in [0.2, 0.25) is 0 Å². The number of fused-ring (bicyclic) bond motifs is 1. The number of benzene rings is 1. The third kappa shape index (κ3) is 4.47. The Bertz CT molecular complexity index is 1100. The largest absolute Gasteiger partial charge is 0.462 e. The summed E-state index contributed by atoms with van der Waals surface area (Å²) in [6, 6.07) is 8.52. The minimum atomic E-state index is -0.408. The Kier molecular flexibility index (Phi) is 6.73. The van der Waals surface area contributed by atoms with Crippen molar-refractivity contribution in [2.75, 3.05) is 13.7 Å². The molecule has 2 aromatic heterocycles. The van der Waals surface area contributed by atoms with Gasteiger partial charge in [0.1, 0.15) is 15.5 Å². The molecule has 160 valence electrons. The standard InChI is InChI=1S/C23H29N3O3S/c1-7-29-23(28)19-14(4)18-21(27)24-20(25-22(18)30-19)15(5)26(6)12-16-8-10-17(11-9-16)13(2)3/h8-11,13,15H,7,12H2,1-6H3,(H,24,25,27)/t15-/m1/s1. The lowest BCUT2D eigenvalue weighted by Gasteiger charge is -2.24. The molecule has 0 aliphatic heterocycles. The highest BCUT2D eigenvalue weighted by Crippen LogP contribution is 2.29. The quantitative estimate of drug-likeness (QED) is 0.549. The van der Waals surface area contributed by atoms with Crippen LogP contribution in [0.15, 0.2) is 29.1 Å². The molecular formula is C23H29N3O3S. The van der Waals surface area contributed by atoms with Gasteiger partial charge in [-0.05, 0) is 50.4 Å². The second kappa shape index (κ2) is 9.10. The number of carbonyl (C=O) groups excluding carboxylic acids is 1. The number of ether oxygens (including phenoxy) is 1. The van der Waals surface area contributed by atoms with E-state index in [0.717, 1.165) is 6.54 Å². The average molecular weight is 428 g/mol. The number of aromatic amines is 1. The lowest BCUT2D eigenvalue weighted by molar-refractivity contribution is 0.0531. The van der Waals surface area contributed by atoms with E-state index in [0.29, 0.717) is 39.0 Å². The maximum absolute atomic E-state index is 12.7. The van der Waals surface area contributed by atoms with E-state index in [1.54, 1.807) is 13.8 Å². The molecule has 0 spiro atoms. The van der Waals surface area contributed by atoms with Crippen molar-refractivity contribution in [3.05, 3.63) is 62.0 Å². The summed E-state index contributed by atoms with van der Waals surface area (Å²) in [6.07, 6.45) is 0. The van der Waals surface area contributed by atoms with E-state index >= 15 is 0 Å². The van der Waals surface area contributed by atoms with E-state index in [1.807, 2.05) is 14.0 Å². The number of H-pyrrole nitrogens is 1. The molecule has 1 N–H and O–H groups in total. The molecule has 3 rings (SSSR count). The molecule has 1 atom stereocenters. The SMILES string of the molecule is CCOC(=O)c1sc2nc([C@@H](C)N(C)Cc3ccc(C(C)C)cc3)[nH]c(=O)c2c1C. The molecule has 0 unspecified atom stereocenters. The van der Waals surface area contributed by atoms with Crippen molar-refractivity contribution in [3.8, 4) is 0 Å². The van der Waals surface area contributed by atoms with Gasteiger partial charge in [-0.15, -0.1) is 11.3 Å². The van der Waals surface area contributed by atoms with Crippen LogP contribution in [0, 0.1) is 6.92 Å². The van der Waals surface area contributed by atoms with Gasteiger partial charge >= 0.3 is 5.97 Å². The molecule has 0 amide bonds. The zero-order chi connectivity index (χ0) is 22.0. The van der Waals surface area contributed by atoms with E-state index in [1.165, 1.54) is 22.5 Å². The third-order valence-corrected chi connectivity index (χ3v) is 6.58. The third-order valence-electron chi connectivity index (χ3n) is 5.41. The lowest BCUT2D eigenvalue weighted by Crippen LogP contribution is -2.25. The maximum atomic E-state index is 12.7. The number of hydrogen-bond donors (Lipinski definition) is 1. The molecule has 0 bridgehead atoms. The smallest absolute Gasteiger partial charge is 0.348 e. The molecular weight excluding hydrogens is 398 g/mol. The van der Waals surface area contributed by atoms with Gasteiger partial charge in [-0.25, -0.2) is 9.78 Å². The van der Waals surface area contributed by atoms with Crippen molar-refractivity contribution in [2.45, 2.75) is 53.1 Å². The fourth-order valence-electron chi connectivity index (χ4n) is 3.39. The van der Waals surface area contributed by atoms with Crippen LogP contribution in [0.2, 0.25) is 0 Å². The maximum Gasteiger partial charge on any atom is 0.348 e.